The molecule has 0 bridgehead atoms. The molecule has 6 heteroatoms. The number of hydrogen-bond donors (Lipinski definition) is 0. The SMILES string of the molecule is CCCOc1c(C(C)(C)CC)cc(C(C)(C)CC)c(OC(=O)C(C)(C)C)c1C=CC(=O)c1ccc(OC(=O)C(C)(C)C)cc1. The van der Waals surface area contributed by atoms with Gasteiger partial charge in [-0.3, -0.25) is 14.4 Å². The molecule has 0 aliphatic carbocycles. The lowest BCUT2D eigenvalue weighted by Crippen LogP contribution is -2.29. The predicted octanol–water partition coefficient (Wildman–Crippen LogP) is 9.65. The van der Waals surface area contributed by atoms with Crippen LogP contribution in [0.15, 0.2) is 36.4 Å². The van der Waals surface area contributed by atoms with Gasteiger partial charge in [-0.25, -0.2) is 0 Å². The van der Waals surface area contributed by atoms with E-state index in [1.165, 1.54) is 6.08 Å². The van der Waals surface area contributed by atoms with Crippen LogP contribution in [0.3, 0.4) is 0 Å². The number of carbonyl (C=O) groups excluding carboxylic acids is 3. The van der Waals surface area contributed by atoms with Crippen molar-refractivity contribution in [2.45, 2.75) is 120 Å². The highest BCUT2D eigenvalue weighted by atomic mass is 16.5. The number of ether oxygens (including phenoxy) is 3. The third kappa shape index (κ3) is 9.06. The third-order valence-electron chi connectivity index (χ3n) is 8.11. The summed E-state index contributed by atoms with van der Waals surface area (Å²) in [6.45, 7) is 26.2. The van der Waals surface area contributed by atoms with Gasteiger partial charge < -0.3 is 14.2 Å². The van der Waals surface area contributed by atoms with Gasteiger partial charge in [0.05, 0.1) is 23.0 Å². The second kappa shape index (κ2) is 14.1. The Bertz CT molecular complexity index is 1360. The standard InChI is InChI=1S/C38H54O6/c1-14-23-42-31-27(21-22-30(39)25-17-19-26(20-18-25)43-33(40)35(4,5)6)32(44-34(41)36(7,8)9)29(38(12,13)16-3)24-28(31)37(10,11)15-2/h17-22,24H,14-16,23H2,1-13H3. The minimum Gasteiger partial charge on any atom is -0.493 e. The normalized spacial score (nSPS) is 12.8. The van der Waals surface area contributed by atoms with Gasteiger partial charge in [-0.1, -0.05) is 48.5 Å². The van der Waals surface area contributed by atoms with Crippen LogP contribution >= 0.6 is 0 Å². The van der Waals surface area contributed by atoms with Crippen molar-refractivity contribution in [1.29, 1.82) is 0 Å². The molecular formula is C38H54O6. The zero-order chi connectivity index (χ0) is 33.7. The molecule has 0 fully saturated rings. The molecule has 2 aromatic rings. The molecule has 242 valence electrons. The Hall–Kier alpha value is -3.41. The van der Waals surface area contributed by atoms with Crippen molar-refractivity contribution in [1.82, 2.24) is 0 Å². The van der Waals surface area contributed by atoms with E-state index in [9.17, 15) is 14.4 Å². The first kappa shape index (κ1) is 36.8. The van der Waals surface area contributed by atoms with Gasteiger partial charge in [0.1, 0.15) is 17.2 Å². The molecule has 2 aromatic carbocycles. The molecule has 0 saturated heterocycles. The molecular weight excluding hydrogens is 552 g/mol. The van der Waals surface area contributed by atoms with Gasteiger partial charge in [-0.05, 0) is 114 Å². The van der Waals surface area contributed by atoms with E-state index >= 15 is 0 Å². The third-order valence-corrected chi connectivity index (χ3v) is 8.11. The largest absolute Gasteiger partial charge is 0.493 e. The van der Waals surface area contributed by atoms with Crippen LogP contribution in [0.2, 0.25) is 0 Å². The molecule has 0 heterocycles. The molecule has 44 heavy (non-hydrogen) atoms. The fourth-order valence-electron chi connectivity index (χ4n) is 4.12. The van der Waals surface area contributed by atoms with Crippen LogP contribution in [0.4, 0.5) is 0 Å². The number of allylic oxidation sites excluding steroid dienone is 1. The average molecular weight is 607 g/mol. The first-order valence-corrected chi connectivity index (χ1v) is 15.8. The van der Waals surface area contributed by atoms with Gasteiger partial charge in [-0.2, -0.15) is 0 Å². The molecule has 0 aliphatic rings. The van der Waals surface area contributed by atoms with Gasteiger partial charge in [0.15, 0.2) is 5.78 Å². The lowest BCUT2D eigenvalue weighted by molar-refractivity contribution is -0.143. The smallest absolute Gasteiger partial charge is 0.316 e. The number of carbonyl (C=O) groups is 3. The van der Waals surface area contributed by atoms with E-state index in [0.29, 0.717) is 35.0 Å². The van der Waals surface area contributed by atoms with Crippen LogP contribution in [0, 0.1) is 10.8 Å². The minimum absolute atomic E-state index is 0.246. The highest BCUT2D eigenvalue weighted by Gasteiger charge is 2.35. The van der Waals surface area contributed by atoms with Crippen molar-refractivity contribution in [3.05, 3.63) is 58.7 Å². The molecule has 0 unspecified atom stereocenters. The fourth-order valence-corrected chi connectivity index (χ4v) is 4.12. The van der Waals surface area contributed by atoms with Crippen LogP contribution < -0.4 is 14.2 Å². The van der Waals surface area contributed by atoms with Crippen LogP contribution in [0.1, 0.15) is 136 Å². The van der Waals surface area contributed by atoms with E-state index < -0.39 is 10.8 Å². The van der Waals surface area contributed by atoms with Gasteiger partial charge >= 0.3 is 11.9 Å². The fraction of sp³-hybridized carbons (Fsp3) is 0.553. The van der Waals surface area contributed by atoms with Gasteiger partial charge in [-0.15, -0.1) is 0 Å². The van der Waals surface area contributed by atoms with Crippen molar-refractivity contribution in [2.24, 2.45) is 10.8 Å². The maximum absolute atomic E-state index is 13.5. The highest BCUT2D eigenvalue weighted by molar-refractivity contribution is 6.07. The number of benzene rings is 2. The summed E-state index contributed by atoms with van der Waals surface area (Å²) in [5.74, 6) is 0.458. The summed E-state index contributed by atoms with van der Waals surface area (Å²) >= 11 is 0. The van der Waals surface area contributed by atoms with Crippen LogP contribution in [-0.2, 0) is 20.4 Å². The average Bonchev–Trinajstić information content (AvgIpc) is 2.94. The summed E-state index contributed by atoms with van der Waals surface area (Å²) in [6, 6.07) is 8.64. The Labute approximate surface area is 265 Å². The number of esters is 2. The summed E-state index contributed by atoms with van der Waals surface area (Å²) in [7, 11) is 0. The maximum atomic E-state index is 13.5. The zero-order valence-electron chi connectivity index (χ0n) is 29.3. The Kier molecular flexibility index (Phi) is 11.8. The highest BCUT2D eigenvalue weighted by Crippen LogP contribution is 2.48. The molecule has 0 atom stereocenters. The first-order chi connectivity index (χ1) is 20.2. The van der Waals surface area contributed by atoms with E-state index in [2.05, 4.69) is 47.6 Å². The van der Waals surface area contributed by atoms with Crippen molar-refractivity contribution < 1.29 is 28.6 Å². The monoisotopic (exact) mass is 606 g/mol. The molecule has 0 aromatic heterocycles. The predicted molar refractivity (Wildman–Crippen MR) is 179 cm³/mol. The van der Waals surface area contributed by atoms with E-state index in [4.69, 9.17) is 14.2 Å². The second-order valence-electron chi connectivity index (χ2n) is 14.9. The number of hydrogen-bond acceptors (Lipinski definition) is 6. The van der Waals surface area contributed by atoms with Crippen molar-refractivity contribution in [3.63, 3.8) is 0 Å². The second-order valence-corrected chi connectivity index (χ2v) is 14.9. The van der Waals surface area contributed by atoms with E-state index in [0.717, 1.165) is 30.4 Å². The molecule has 0 amide bonds. The summed E-state index contributed by atoms with van der Waals surface area (Å²) in [5.41, 5.74) is 0.955. The lowest BCUT2D eigenvalue weighted by atomic mass is 9.74. The quantitative estimate of drug-likeness (QED) is 0.104. The first-order valence-electron chi connectivity index (χ1n) is 15.8. The summed E-state index contributed by atoms with van der Waals surface area (Å²) in [4.78, 5) is 39.1. The Morgan fingerprint density at radius 2 is 1.16 bits per heavy atom. The summed E-state index contributed by atoms with van der Waals surface area (Å²) in [6.07, 6.45) is 5.67. The lowest BCUT2D eigenvalue weighted by Gasteiger charge is -2.34. The number of ketones is 1. The molecule has 2 rings (SSSR count). The van der Waals surface area contributed by atoms with Crippen molar-refractivity contribution in [3.8, 4) is 17.2 Å². The Morgan fingerprint density at radius 1 is 0.682 bits per heavy atom. The Balaban J connectivity index is 2.80. The van der Waals surface area contributed by atoms with Crippen LogP contribution in [0.25, 0.3) is 6.08 Å². The summed E-state index contributed by atoms with van der Waals surface area (Å²) in [5, 5.41) is 0. The summed E-state index contributed by atoms with van der Waals surface area (Å²) < 4.78 is 18.1. The molecule has 0 spiro atoms. The van der Waals surface area contributed by atoms with Gasteiger partial charge in [0, 0.05) is 16.7 Å². The molecule has 0 radical (unpaired) electrons. The maximum Gasteiger partial charge on any atom is 0.316 e. The van der Waals surface area contributed by atoms with Gasteiger partial charge in [0.2, 0.25) is 0 Å². The van der Waals surface area contributed by atoms with E-state index in [-0.39, 0.29) is 28.6 Å². The zero-order valence-corrected chi connectivity index (χ0v) is 29.3. The van der Waals surface area contributed by atoms with Crippen LogP contribution in [0.5, 0.6) is 17.2 Å². The molecule has 0 aliphatic heterocycles. The molecule has 0 saturated carbocycles. The van der Waals surface area contributed by atoms with Gasteiger partial charge in [0.25, 0.3) is 0 Å². The topological polar surface area (TPSA) is 78.9 Å². The van der Waals surface area contributed by atoms with E-state index in [1.807, 2.05) is 27.7 Å². The molecule has 6 nitrogen and oxygen atoms in total. The number of rotatable bonds is 12. The van der Waals surface area contributed by atoms with E-state index in [1.54, 1.807) is 51.1 Å². The minimum atomic E-state index is -0.742. The van der Waals surface area contributed by atoms with Crippen LogP contribution in [-0.4, -0.2) is 24.3 Å². The Morgan fingerprint density at radius 3 is 1.61 bits per heavy atom. The van der Waals surface area contributed by atoms with Crippen molar-refractivity contribution in [2.75, 3.05) is 6.61 Å². The van der Waals surface area contributed by atoms with Crippen molar-refractivity contribution >= 4 is 23.8 Å². The molecule has 0 N–H and O–H groups in total.